The van der Waals surface area contributed by atoms with Gasteiger partial charge in [0.25, 0.3) is 0 Å². The summed E-state index contributed by atoms with van der Waals surface area (Å²) in [5, 5.41) is 3.65. The summed E-state index contributed by atoms with van der Waals surface area (Å²) in [7, 11) is 0. The molecule has 3 aromatic carbocycles. The van der Waals surface area contributed by atoms with Gasteiger partial charge in [-0.1, -0.05) is 72.3 Å². The molecule has 1 N–H and O–H groups in total. The van der Waals surface area contributed by atoms with E-state index < -0.39 is 12.4 Å². The van der Waals surface area contributed by atoms with E-state index in [-0.39, 0.29) is 4.99 Å². The van der Waals surface area contributed by atoms with Crippen molar-refractivity contribution in [2.75, 3.05) is 5.32 Å². The topological polar surface area (TPSA) is 59.9 Å². The number of nitrogens with zero attached hydrogens (tertiary/aromatic N) is 1. The molecule has 1 heterocycles. The van der Waals surface area contributed by atoms with Gasteiger partial charge in [0.2, 0.25) is 6.23 Å². The van der Waals surface area contributed by atoms with Gasteiger partial charge in [-0.05, 0) is 30.3 Å². The second-order valence-electron chi connectivity index (χ2n) is 6.16. The number of benzene rings is 3. The van der Waals surface area contributed by atoms with Crippen molar-refractivity contribution in [1.82, 2.24) is 0 Å². The lowest BCUT2D eigenvalue weighted by Crippen LogP contribution is -2.30. The molecule has 0 aromatic heterocycles. The maximum absolute atomic E-state index is 12.3. The van der Waals surface area contributed by atoms with Gasteiger partial charge in [-0.25, -0.2) is 9.79 Å². The lowest BCUT2D eigenvalue weighted by molar-refractivity contribution is 0.0861. The first-order valence-corrected chi connectivity index (χ1v) is 9.56. The summed E-state index contributed by atoms with van der Waals surface area (Å²) < 4.78 is 10.6. The van der Waals surface area contributed by atoms with Crippen LogP contribution < -0.4 is 10.1 Å². The number of anilines is 1. The van der Waals surface area contributed by atoms with Gasteiger partial charge in [-0.2, -0.15) is 0 Å². The predicted molar refractivity (Wildman–Crippen MR) is 117 cm³/mol. The molecule has 0 bridgehead atoms. The lowest BCUT2D eigenvalue weighted by Gasteiger charge is -2.14. The van der Waals surface area contributed by atoms with Crippen LogP contribution in [0.1, 0.15) is 11.1 Å². The monoisotopic (exact) mass is 422 g/mol. The van der Waals surface area contributed by atoms with Crippen LogP contribution in [-0.4, -0.2) is 23.1 Å². The Hall–Kier alpha value is -3.22. The average molecular weight is 423 g/mol. The third-order valence-electron chi connectivity index (χ3n) is 4.16. The van der Waals surface area contributed by atoms with Crippen molar-refractivity contribution in [3.05, 3.63) is 95.0 Å². The van der Waals surface area contributed by atoms with Crippen LogP contribution in [0, 0.1) is 0 Å². The zero-order chi connectivity index (χ0) is 20.2. The van der Waals surface area contributed by atoms with Gasteiger partial charge in [0.15, 0.2) is 0 Å². The molecule has 7 heteroatoms. The van der Waals surface area contributed by atoms with Crippen LogP contribution >= 0.6 is 23.8 Å². The van der Waals surface area contributed by atoms with E-state index in [9.17, 15) is 4.79 Å². The van der Waals surface area contributed by atoms with Crippen molar-refractivity contribution in [2.45, 2.75) is 6.23 Å². The van der Waals surface area contributed by atoms with Gasteiger partial charge < -0.3 is 14.8 Å². The van der Waals surface area contributed by atoms with Crippen LogP contribution in [0.3, 0.4) is 0 Å². The summed E-state index contributed by atoms with van der Waals surface area (Å²) in [6, 6.07) is 23.5. The van der Waals surface area contributed by atoms with E-state index in [1.165, 1.54) is 0 Å². The molecule has 29 heavy (non-hydrogen) atoms. The highest BCUT2D eigenvalue weighted by Crippen LogP contribution is 2.28. The molecule has 0 radical (unpaired) electrons. The van der Waals surface area contributed by atoms with Crippen LogP contribution in [0.4, 0.5) is 10.5 Å². The Labute approximate surface area is 177 Å². The fraction of sp³-hybridized carbons (Fsp3) is 0.0455. The van der Waals surface area contributed by atoms with E-state index in [1.54, 1.807) is 36.4 Å². The fourth-order valence-electron chi connectivity index (χ4n) is 2.87. The molecule has 4 rings (SSSR count). The molecule has 144 valence electrons. The maximum Gasteiger partial charge on any atom is 0.516 e. The lowest BCUT2D eigenvalue weighted by atomic mass is 10.0. The molecule has 0 spiro atoms. The number of hydrogen-bond donors (Lipinski definition) is 1. The molecule has 0 fully saturated rings. The number of carbonyl (C=O) groups is 1. The van der Waals surface area contributed by atoms with Crippen molar-refractivity contribution in [2.24, 2.45) is 4.99 Å². The van der Waals surface area contributed by atoms with E-state index in [0.717, 1.165) is 16.8 Å². The number of rotatable bonds is 3. The van der Waals surface area contributed by atoms with Crippen LogP contribution in [0.25, 0.3) is 0 Å². The van der Waals surface area contributed by atoms with E-state index in [4.69, 9.17) is 33.3 Å². The number of fused-ring (bicyclic) bond motifs is 1. The van der Waals surface area contributed by atoms with Gasteiger partial charge >= 0.3 is 6.16 Å². The highest BCUT2D eigenvalue weighted by atomic mass is 35.5. The Bertz CT molecular complexity index is 1090. The maximum atomic E-state index is 12.3. The smallest absolute Gasteiger partial charge is 0.401 e. The Morgan fingerprint density at radius 3 is 2.41 bits per heavy atom. The van der Waals surface area contributed by atoms with Gasteiger partial charge in [0, 0.05) is 21.8 Å². The quantitative estimate of drug-likeness (QED) is 0.344. The molecule has 0 amide bonds. The third kappa shape index (κ3) is 4.45. The number of para-hydroxylation sites is 1. The number of nitrogens with one attached hydrogen (secondary N) is 1. The Morgan fingerprint density at radius 1 is 1.00 bits per heavy atom. The largest absolute Gasteiger partial charge is 0.516 e. The normalized spacial score (nSPS) is 15.4. The van der Waals surface area contributed by atoms with Gasteiger partial charge in [-0.15, -0.1) is 0 Å². The highest BCUT2D eigenvalue weighted by molar-refractivity contribution is 7.80. The molecule has 1 aliphatic heterocycles. The number of ether oxygens (including phenoxy) is 2. The number of benzodiazepines with no additional fused rings is 1. The first-order valence-electron chi connectivity index (χ1n) is 8.78. The third-order valence-corrected chi connectivity index (χ3v) is 4.70. The summed E-state index contributed by atoms with van der Waals surface area (Å²) in [5.74, 6) is 0.368. The number of halogens is 1. The van der Waals surface area contributed by atoms with E-state index in [1.807, 2.05) is 42.5 Å². The zero-order valence-corrected chi connectivity index (χ0v) is 16.6. The molecular formula is C22H15ClN2O3S. The van der Waals surface area contributed by atoms with E-state index >= 15 is 0 Å². The SMILES string of the molecule is O=C(Oc1ccccc1)OC1N=C(c2ccccc2)c2cc(Cl)ccc2NC1=S. The Kier molecular flexibility index (Phi) is 5.55. The van der Waals surface area contributed by atoms with Crippen LogP contribution in [0.5, 0.6) is 5.75 Å². The van der Waals surface area contributed by atoms with Crippen molar-refractivity contribution in [3.63, 3.8) is 0 Å². The molecule has 5 nitrogen and oxygen atoms in total. The molecule has 1 unspecified atom stereocenters. The molecule has 0 aliphatic carbocycles. The summed E-state index contributed by atoms with van der Waals surface area (Å²) in [6.45, 7) is 0. The van der Waals surface area contributed by atoms with Crippen LogP contribution in [0.15, 0.2) is 83.9 Å². The zero-order valence-electron chi connectivity index (χ0n) is 15.0. The van der Waals surface area contributed by atoms with Gasteiger partial charge in [-0.3, -0.25) is 0 Å². The molecule has 1 atom stereocenters. The summed E-state index contributed by atoms with van der Waals surface area (Å²) in [5.41, 5.74) is 2.93. The second kappa shape index (κ2) is 8.43. The van der Waals surface area contributed by atoms with Gasteiger partial charge in [0.1, 0.15) is 10.7 Å². The molecule has 1 aliphatic rings. The number of carbonyl (C=O) groups excluding carboxylic acids is 1. The summed E-state index contributed by atoms with van der Waals surface area (Å²) in [6.07, 6.45) is -1.95. The second-order valence-corrected chi connectivity index (χ2v) is 7.03. The molecule has 0 saturated heterocycles. The molecule has 0 saturated carbocycles. The first kappa shape index (κ1) is 19.1. The molecular weight excluding hydrogens is 408 g/mol. The minimum Gasteiger partial charge on any atom is -0.401 e. The predicted octanol–water partition coefficient (Wildman–Crippen LogP) is 5.47. The first-order chi connectivity index (χ1) is 14.1. The minimum atomic E-state index is -1.05. The van der Waals surface area contributed by atoms with Crippen molar-refractivity contribution in [3.8, 4) is 5.75 Å². The average Bonchev–Trinajstić information content (AvgIpc) is 2.86. The van der Waals surface area contributed by atoms with E-state index in [2.05, 4.69) is 10.3 Å². The number of thiocarbonyl (C=S) groups is 1. The standard InChI is InChI=1S/C22H15ClN2O3S/c23-15-11-12-18-17(13-15)19(14-7-3-1-4-8-14)25-20(21(29)24-18)28-22(26)27-16-9-5-2-6-10-16/h1-13,20H,(H,24,29). The van der Waals surface area contributed by atoms with Crippen molar-refractivity contribution >= 4 is 46.4 Å². The number of aliphatic imine (C=N–C) groups is 1. The number of hydrogen-bond acceptors (Lipinski definition) is 5. The minimum absolute atomic E-state index is 0.240. The van der Waals surface area contributed by atoms with Crippen LogP contribution in [-0.2, 0) is 4.74 Å². The summed E-state index contributed by atoms with van der Waals surface area (Å²) >= 11 is 11.6. The Balaban J connectivity index is 1.68. The van der Waals surface area contributed by atoms with Gasteiger partial charge in [0.05, 0.1) is 5.71 Å². The summed E-state index contributed by atoms with van der Waals surface area (Å²) in [4.78, 5) is 17.1. The highest BCUT2D eigenvalue weighted by Gasteiger charge is 2.27. The fourth-order valence-corrected chi connectivity index (χ4v) is 3.25. The molecule has 3 aromatic rings. The van der Waals surface area contributed by atoms with Crippen LogP contribution in [0.2, 0.25) is 5.02 Å². The van der Waals surface area contributed by atoms with Crippen molar-refractivity contribution < 1.29 is 14.3 Å². The Morgan fingerprint density at radius 2 is 1.69 bits per heavy atom. The van der Waals surface area contributed by atoms with Crippen molar-refractivity contribution in [1.29, 1.82) is 0 Å². The van der Waals surface area contributed by atoms with E-state index in [0.29, 0.717) is 16.5 Å².